The first-order valence-electron chi connectivity index (χ1n) is 6.71. The maximum absolute atomic E-state index is 6.44. The number of hydrogen-bond acceptors (Lipinski definition) is 2. The minimum absolute atomic E-state index is 0.0291. The summed E-state index contributed by atoms with van der Waals surface area (Å²) in [5.74, 6) is 2.17. The SMILES string of the molecule is COc1ccc(Cl)cc1C(N)C1CCCC(C)C1. The normalized spacial score (nSPS) is 25.8. The minimum Gasteiger partial charge on any atom is -0.496 e. The molecule has 0 aromatic heterocycles. The van der Waals surface area contributed by atoms with Gasteiger partial charge >= 0.3 is 0 Å². The molecule has 1 aliphatic carbocycles. The zero-order valence-corrected chi connectivity index (χ0v) is 11.9. The van der Waals surface area contributed by atoms with E-state index in [1.54, 1.807) is 7.11 Å². The zero-order chi connectivity index (χ0) is 13.1. The monoisotopic (exact) mass is 267 g/mol. The third kappa shape index (κ3) is 2.99. The second-order valence-corrected chi connectivity index (χ2v) is 5.88. The summed E-state index contributed by atoms with van der Waals surface area (Å²) in [4.78, 5) is 0. The summed E-state index contributed by atoms with van der Waals surface area (Å²) in [5.41, 5.74) is 7.48. The molecular weight excluding hydrogens is 246 g/mol. The van der Waals surface area contributed by atoms with Gasteiger partial charge in [-0.1, -0.05) is 31.4 Å². The van der Waals surface area contributed by atoms with Crippen molar-refractivity contribution in [3.05, 3.63) is 28.8 Å². The molecule has 0 spiro atoms. The lowest BCUT2D eigenvalue weighted by Crippen LogP contribution is -2.26. The van der Waals surface area contributed by atoms with Crippen LogP contribution in [-0.2, 0) is 0 Å². The molecule has 2 nitrogen and oxygen atoms in total. The summed E-state index contributed by atoms with van der Waals surface area (Å²) in [6.07, 6.45) is 5.02. The maximum atomic E-state index is 6.44. The van der Waals surface area contributed by atoms with Crippen molar-refractivity contribution in [3.8, 4) is 5.75 Å². The molecule has 2 N–H and O–H groups in total. The van der Waals surface area contributed by atoms with E-state index in [0.29, 0.717) is 5.92 Å². The van der Waals surface area contributed by atoms with Gasteiger partial charge in [0.05, 0.1) is 7.11 Å². The molecule has 3 heteroatoms. The molecule has 0 saturated heterocycles. The molecule has 1 fully saturated rings. The number of ether oxygens (including phenoxy) is 1. The average Bonchev–Trinajstić information content (AvgIpc) is 2.38. The first kappa shape index (κ1) is 13.7. The molecule has 0 bridgehead atoms. The quantitative estimate of drug-likeness (QED) is 0.892. The Hall–Kier alpha value is -0.730. The minimum atomic E-state index is 0.0291. The van der Waals surface area contributed by atoms with Gasteiger partial charge < -0.3 is 10.5 Å². The maximum Gasteiger partial charge on any atom is 0.123 e. The van der Waals surface area contributed by atoms with E-state index in [1.807, 2.05) is 18.2 Å². The predicted octanol–water partition coefficient (Wildman–Crippen LogP) is 4.17. The van der Waals surface area contributed by atoms with Gasteiger partial charge in [0.15, 0.2) is 0 Å². The van der Waals surface area contributed by atoms with Crippen molar-refractivity contribution in [1.29, 1.82) is 0 Å². The van der Waals surface area contributed by atoms with Crippen LogP contribution in [0, 0.1) is 11.8 Å². The van der Waals surface area contributed by atoms with E-state index in [4.69, 9.17) is 22.1 Å². The fourth-order valence-corrected chi connectivity index (χ4v) is 3.21. The summed E-state index contributed by atoms with van der Waals surface area (Å²) in [6.45, 7) is 2.31. The summed E-state index contributed by atoms with van der Waals surface area (Å²) >= 11 is 6.07. The number of methoxy groups -OCH3 is 1. The fraction of sp³-hybridized carbons (Fsp3) is 0.600. The highest BCUT2D eigenvalue weighted by Crippen LogP contribution is 2.39. The van der Waals surface area contributed by atoms with E-state index in [9.17, 15) is 0 Å². The van der Waals surface area contributed by atoms with Crippen molar-refractivity contribution < 1.29 is 4.74 Å². The van der Waals surface area contributed by atoms with Crippen LogP contribution in [0.25, 0.3) is 0 Å². The Morgan fingerprint density at radius 3 is 2.83 bits per heavy atom. The number of hydrogen-bond donors (Lipinski definition) is 1. The van der Waals surface area contributed by atoms with Crippen LogP contribution >= 0.6 is 11.6 Å². The zero-order valence-electron chi connectivity index (χ0n) is 11.2. The van der Waals surface area contributed by atoms with Gasteiger partial charge in [-0.15, -0.1) is 0 Å². The number of benzene rings is 1. The van der Waals surface area contributed by atoms with Gasteiger partial charge in [-0.2, -0.15) is 0 Å². The Morgan fingerprint density at radius 2 is 2.17 bits per heavy atom. The smallest absolute Gasteiger partial charge is 0.123 e. The molecule has 1 aromatic carbocycles. The van der Waals surface area contributed by atoms with Crippen LogP contribution in [0.1, 0.15) is 44.2 Å². The Balaban J connectivity index is 2.21. The van der Waals surface area contributed by atoms with Crippen LogP contribution in [-0.4, -0.2) is 7.11 Å². The second kappa shape index (κ2) is 5.94. The van der Waals surface area contributed by atoms with Crippen LogP contribution < -0.4 is 10.5 Å². The van der Waals surface area contributed by atoms with Crippen molar-refractivity contribution in [1.82, 2.24) is 0 Å². The van der Waals surface area contributed by atoms with E-state index in [2.05, 4.69) is 6.92 Å². The van der Waals surface area contributed by atoms with Crippen molar-refractivity contribution in [2.45, 2.75) is 38.6 Å². The standard InChI is InChI=1S/C15H22ClNO/c1-10-4-3-5-11(8-10)15(17)13-9-12(16)6-7-14(13)18-2/h6-7,9-11,15H,3-5,8,17H2,1-2H3. The predicted molar refractivity (Wildman–Crippen MR) is 76.1 cm³/mol. The van der Waals surface area contributed by atoms with Gasteiger partial charge in [0.1, 0.15) is 5.75 Å². The highest BCUT2D eigenvalue weighted by atomic mass is 35.5. The highest BCUT2D eigenvalue weighted by molar-refractivity contribution is 6.30. The first-order valence-corrected chi connectivity index (χ1v) is 7.08. The molecule has 1 saturated carbocycles. The van der Waals surface area contributed by atoms with E-state index < -0.39 is 0 Å². The molecular formula is C15H22ClNO. The van der Waals surface area contributed by atoms with Crippen molar-refractivity contribution in [2.75, 3.05) is 7.11 Å². The van der Waals surface area contributed by atoms with Crippen molar-refractivity contribution in [2.24, 2.45) is 17.6 Å². The number of halogens is 1. The molecule has 1 aliphatic rings. The number of nitrogens with two attached hydrogens (primary N) is 1. The summed E-state index contributed by atoms with van der Waals surface area (Å²) in [5, 5.41) is 0.727. The van der Waals surface area contributed by atoms with Crippen LogP contribution in [0.2, 0.25) is 5.02 Å². The van der Waals surface area contributed by atoms with Gasteiger partial charge in [-0.25, -0.2) is 0 Å². The van der Waals surface area contributed by atoms with Gasteiger partial charge in [0.2, 0.25) is 0 Å². The van der Waals surface area contributed by atoms with Crippen molar-refractivity contribution in [3.63, 3.8) is 0 Å². The fourth-order valence-electron chi connectivity index (χ4n) is 3.03. The topological polar surface area (TPSA) is 35.2 Å². The summed E-state index contributed by atoms with van der Waals surface area (Å²) < 4.78 is 5.40. The van der Waals surface area contributed by atoms with Crippen LogP contribution in [0.15, 0.2) is 18.2 Å². The van der Waals surface area contributed by atoms with E-state index >= 15 is 0 Å². The van der Waals surface area contributed by atoms with E-state index in [1.165, 1.54) is 25.7 Å². The van der Waals surface area contributed by atoms with E-state index in [-0.39, 0.29) is 6.04 Å². The van der Waals surface area contributed by atoms with Gasteiger partial charge in [-0.3, -0.25) is 0 Å². The highest BCUT2D eigenvalue weighted by Gasteiger charge is 2.27. The second-order valence-electron chi connectivity index (χ2n) is 5.44. The van der Waals surface area contributed by atoms with Gasteiger partial charge in [0, 0.05) is 16.6 Å². The molecule has 3 atom stereocenters. The largest absolute Gasteiger partial charge is 0.496 e. The molecule has 1 aromatic rings. The van der Waals surface area contributed by atoms with Gasteiger partial charge in [-0.05, 0) is 42.9 Å². The Morgan fingerprint density at radius 1 is 1.39 bits per heavy atom. The average molecular weight is 268 g/mol. The van der Waals surface area contributed by atoms with Gasteiger partial charge in [0.25, 0.3) is 0 Å². The Bertz CT molecular complexity index is 407. The molecule has 18 heavy (non-hydrogen) atoms. The lowest BCUT2D eigenvalue weighted by molar-refractivity contribution is 0.245. The van der Waals surface area contributed by atoms with Crippen LogP contribution in [0.5, 0.6) is 5.75 Å². The summed E-state index contributed by atoms with van der Waals surface area (Å²) in [7, 11) is 1.68. The third-order valence-electron chi connectivity index (χ3n) is 4.04. The molecule has 2 rings (SSSR count). The molecule has 0 aliphatic heterocycles. The van der Waals surface area contributed by atoms with E-state index in [0.717, 1.165) is 22.3 Å². The third-order valence-corrected chi connectivity index (χ3v) is 4.27. The molecule has 0 radical (unpaired) electrons. The Kier molecular flexibility index (Phi) is 4.52. The first-order chi connectivity index (χ1) is 8.61. The molecule has 100 valence electrons. The lowest BCUT2D eigenvalue weighted by Gasteiger charge is -2.32. The van der Waals surface area contributed by atoms with Crippen molar-refractivity contribution >= 4 is 11.6 Å². The Labute approximate surface area is 114 Å². The number of rotatable bonds is 3. The van der Waals surface area contributed by atoms with Crippen LogP contribution in [0.3, 0.4) is 0 Å². The molecule has 0 heterocycles. The molecule has 3 unspecified atom stereocenters. The van der Waals surface area contributed by atoms with Crippen LogP contribution in [0.4, 0.5) is 0 Å². The molecule has 0 amide bonds. The summed E-state index contributed by atoms with van der Waals surface area (Å²) in [6, 6.07) is 5.73. The lowest BCUT2D eigenvalue weighted by atomic mass is 9.77.